The molecular formula is C20H20N4O3S2. The van der Waals surface area contributed by atoms with Gasteiger partial charge in [0.1, 0.15) is 0 Å². The van der Waals surface area contributed by atoms with Gasteiger partial charge >= 0.3 is 0 Å². The van der Waals surface area contributed by atoms with Gasteiger partial charge in [0.25, 0.3) is 0 Å². The van der Waals surface area contributed by atoms with Crippen molar-refractivity contribution in [2.45, 2.75) is 41.3 Å². The molecule has 2 heterocycles. The van der Waals surface area contributed by atoms with E-state index >= 15 is 0 Å². The van der Waals surface area contributed by atoms with Crippen LogP contribution in [0.4, 0.5) is 5.69 Å². The third kappa shape index (κ3) is 4.17. The minimum atomic E-state index is -3.26. The molecule has 0 bridgehead atoms. The molecule has 1 saturated carbocycles. The molecule has 1 aromatic heterocycles. The fourth-order valence-electron chi connectivity index (χ4n) is 3.26. The maximum atomic E-state index is 11.9. The quantitative estimate of drug-likeness (QED) is 0.595. The van der Waals surface area contributed by atoms with Gasteiger partial charge in [-0.05, 0) is 36.1 Å². The molecule has 1 fully saturated rings. The lowest BCUT2D eigenvalue weighted by Gasteiger charge is -2.06. The number of aromatic nitrogens is 2. The second-order valence-corrected chi connectivity index (χ2v) is 10.5. The average molecular weight is 429 g/mol. The number of sulfonamides is 1. The van der Waals surface area contributed by atoms with Crippen LogP contribution in [0.2, 0.25) is 0 Å². The van der Waals surface area contributed by atoms with Crippen molar-refractivity contribution in [2.24, 2.45) is 0 Å². The largest absolute Gasteiger partial charge is 0.424 e. The molecule has 7 nitrogen and oxygen atoms in total. The van der Waals surface area contributed by atoms with Crippen molar-refractivity contribution in [3.8, 4) is 11.1 Å². The normalized spacial score (nSPS) is 18.4. The Balaban J connectivity index is 1.21. The van der Waals surface area contributed by atoms with Crippen LogP contribution in [0.3, 0.4) is 0 Å². The Morgan fingerprint density at radius 1 is 1.07 bits per heavy atom. The summed E-state index contributed by atoms with van der Waals surface area (Å²) in [7, 11) is -3.26. The van der Waals surface area contributed by atoms with E-state index < -0.39 is 10.0 Å². The van der Waals surface area contributed by atoms with E-state index in [2.05, 4.69) is 50.6 Å². The first-order valence-electron chi connectivity index (χ1n) is 9.49. The molecule has 1 aliphatic carbocycles. The Morgan fingerprint density at radius 2 is 1.86 bits per heavy atom. The van der Waals surface area contributed by atoms with Crippen LogP contribution in [-0.4, -0.2) is 29.2 Å². The maximum absolute atomic E-state index is 11.9. The highest BCUT2D eigenvalue weighted by atomic mass is 32.2. The van der Waals surface area contributed by atoms with E-state index in [-0.39, 0.29) is 23.1 Å². The first kappa shape index (κ1) is 18.7. The molecule has 0 radical (unpaired) electrons. The van der Waals surface area contributed by atoms with Crippen LogP contribution in [0.5, 0.6) is 0 Å². The van der Waals surface area contributed by atoms with Gasteiger partial charge in [-0.25, -0.2) is 13.1 Å². The second-order valence-electron chi connectivity index (χ2n) is 7.19. The van der Waals surface area contributed by atoms with Crippen LogP contribution < -0.4 is 10.0 Å². The van der Waals surface area contributed by atoms with Crippen molar-refractivity contribution in [2.75, 3.05) is 5.32 Å². The number of benzene rings is 2. The van der Waals surface area contributed by atoms with E-state index in [1.807, 2.05) is 18.2 Å². The SMILES string of the molecule is O=S(=O)(NCc1nnc(CC2Nc3ccc(-c4ccccc4)cc3S2)o1)C1CC1. The average Bonchev–Trinajstić information content (AvgIpc) is 3.39. The van der Waals surface area contributed by atoms with Crippen LogP contribution in [-0.2, 0) is 23.0 Å². The number of nitrogens with zero attached hydrogens (tertiary/aromatic N) is 2. The molecule has 1 atom stereocenters. The van der Waals surface area contributed by atoms with Gasteiger partial charge in [-0.3, -0.25) is 0 Å². The van der Waals surface area contributed by atoms with Crippen LogP contribution in [0.25, 0.3) is 11.1 Å². The molecule has 9 heteroatoms. The predicted octanol–water partition coefficient (Wildman–Crippen LogP) is 3.40. The first-order valence-corrected chi connectivity index (χ1v) is 11.9. The third-order valence-corrected chi connectivity index (χ3v) is 7.99. The molecule has 0 saturated heterocycles. The van der Waals surface area contributed by atoms with Crippen molar-refractivity contribution in [3.63, 3.8) is 0 Å². The van der Waals surface area contributed by atoms with Gasteiger partial charge in [0, 0.05) is 10.6 Å². The van der Waals surface area contributed by atoms with Gasteiger partial charge in [0.15, 0.2) is 0 Å². The standard InChI is InChI=1S/C20H20N4O3S2/c25-29(26,15-7-8-15)21-12-19-24-23-18(27-19)11-20-22-16-9-6-14(10-17(16)28-20)13-4-2-1-3-5-13/h1-6,9-10,15,20-22H,7-8,11-12H2. The number of fused-ring (bicyclic) bond motifs is 1. The number of rotatable bonds is 7. The smallest absolute Gasteiger partial charge is 0.231 e. The molecule has 2 aliphatic rings. The van der Waals surface area contributed by atoms with E-state index in [9.17, 15) is 8.42 Å². The summed E-state index contributed by atoms with van der Waals surface area (Å²) in [5.41, 5.74) is 3.47. The van der Waals surface area contributed by atoms with Crippen LogP contribution in [0.15, 0.2) is 57.8 Å². The minimum absolute atomic E-state index is 0.0394. The second kappa shape index (κ2) is 7.47. The number of nitrogens with one attached hydrogen (secondary N) is 2. The lowest BCUT2D eigenvalue weighted by atomic mass is 10.1. The molecule has 1 unspecified atom stereocenters. The zero-order valence-corrected chi connectivity index (χ0v) is 17.2. The summed E-state index contributed by atoms with van der Waals surface area (Å²) in [5, 5.41) is 11.3. The summed E-state index contributed by atoms with van der Waals surface area (Å²) in [4.78, 5) is 1.19. The Hall–Kier alpha value is -2.36. The molecular weight excluding hydrogens is 408 g/mol. The molecule has 0 amide bonds. The highest BCUT2D eigenvalue weighted by Gasteiger charge is 2.35. The summed E-state index contributed by atoms with van der Waals surface area (Å²) in [6.45, 7) is 0.0394. The Labute approximate surface area is 173 Å². The highest BCUT2D eigenvalue weighted by molar-refractivity contribution is 8.00. The van der Waals surface area contributed by atoms with Crippen LogP contribution in [0, 0.1) is 0 Å². The first-order chi connectivity index (χ1) is 14.1. The fourth-order valence-corrected chi connectivity index (χ4v) is 5.74. The topological polar surface area (TPSA) is 97.1 Å². The lowest BCUT2D eigenvalue weighted by Crippen LogP contribution is -2.26. The fraction of sp³-hybridized carbons (Fsp3) is 0.300. The van der Waals surface area contributed by atoms with Crippen LogP contribution >= 0.6 is 11.8 Å². The third-order valence-electron chi connectivity index (χ3n) is 4.93. The maximum Gasteiger partial charge on any atom is 0.231 e. The Kier molecular flexibility index (Phi) is 4.81. The number of hydrogen-bond acceptors (Lipinski definition) is 7. The van der Waals surface area contributed by atoms with Crippen molar-refractivity contribution >= 4 is 27.5 Å². The van der Waals surface area contributed by atoms with E-state index in [1.54, 1.807) is 11.8 Å². The van der Waals surface area contributed by atoms with Gasteiger partial charge in [0.2, 0.25) is 21.8 Å². The molecule has 150 valence electrons. The Bertz CT molecular complexity index is 1130. The molecule has 2 aromatic carbocycles. The van der Waals surface area contributed by atoms with E-state index in [0.29, 0.717) is 12.3 Å². The summed E-state index contributed by atoms with van der Waals surface area (Å²) in [5.74, 6) is 0.780. The number of hydrogen-bond donors (Lipinski definition) is 2. The van der Waals surface area contributed by atoms with Crippen molar-refractivity contribution < 1.29 is 12.8 Å². The molecule has 5 rings (SSSR count). The minimum Gasteiger partial charge on any atom is -0.424 e. The lowest BCUT2D eigenvalue weighted by molar-refractivity contribution is 0.444. The van der Waals surface area contributed by atoms with Crippen molar-refractivity contribution in [3.05, 3.63) is 60.3 Å². The number of thioether (sulfide) groups is 1. The summed E-state index contributed by atoms with van der Waals surface area (Å²) >= 11 is 1.73. The highest BCUT2D eigenvalue weighted by Crippen LogP contribution is 2.41. The van der Waals surface area contributed by atoms with E-state index in [4.69, 9.17) is 4.42 Å². The van der Waals surface area contributed by atoms with Gasteiger partial charge in [-0.15, -0.1) is 10.2 Å². The van der Waals surface area contributed by atoms with Gasteiger partial charge in [-0.1, -0.05) is 48.2 Å². The van der Waals surface area contributed by atoms with Crippen molar-refractivity contribution in [1.82, 2.24) is 14.9 Å². The van der Waals surface area contributed by atoms with Gasteiger partial charge < -0.3 is 9.73 Å². The molecule has 3 aromatic rings. The zero-order chi connectivity index (χ0) is 19.8. The van der Waals surface area contributed by atoms with E-state index in [0.717, 1.165) is 18.5 Å². The van der Waals surface area contributed by atoms with E-state index in [1.165, 1.54) is 16.0 Å². The summed E-state index contributed by atoms with van der Waals surface area (Å²) in [6, 6.07) is 16.7. The zero-order valence-electron chi connectivity index (χ0n) is 15.5. The monoisotopic (exact) mass is 428 g/mol. The molecule has 29 heavy (non-hydrogen) atoms. The van der Waals surface area contributed by atoms with Crippen molar-refractivity contribution in [1.29, 1.82) is 0 Å². The summed E-state index contributed by atoms with van der Waals surface area (Å²) in [6.07, 6.45) is 2.01. The molecule has 2 N–H and O–H groups in total. The van der Waals surface area contributed by atoms with Crippen LogP contribution in [0.1, 0.15) is 24.6 Å². The van der Waals surface area contributed by atoms with Gasteiger partial charge in [0.05, 0.1) is 23.6 Å². The summed E-state index contributed by atoms with van der Waals surface area (Å²) < 4.78 is 32.0. The Morgan fingerprint density at radius 3 is 2.66 bits per heavy atom. The molecule has 1 aliphatic heterocycles. The predicted molar refractivity (Wildman–Crippen MR) is 112 cm³/mol. The molecule has 0 spiro atoms. The van der Waals surface area contributed by atoms with Gasteiger partial charge in [-0.2, -0.15) is 0 Å². The number of anilines is 1.